The molecule has 1 aliphatic rings. The molecule has 19 heavy (non-hydrogen) atoms. The lowest BCUT2D eigenvalue weighted by atomic mass is 9.96. The third-order valence-corrected chi connectivity index (χ3v) is 4.04. The highest BCUT2D eigenvalue weighted by molar-refractivity contribution is 5.79. The Morgan fingerprint density at radius 3 is 2.63 bits per heavy atom. The van der Waals surface area contributed by atoms with Gasteiger partial charge >= 0.3 is 0 Å². The molecule has 0 radical (unpaired) electrons. The summed E-state index contributed by atoms with van der Waals surface area (Å²) in [4.78, 5) is 14.5. The highest BCUT2D eigenvalue weighted by Crippen LogP contribution is 2.18. The first-order chi connectivity index (χ1) is 9.22. The first-order valence-corrected chi connectivity index (χ1v) is 7.25. The normalized spacial score (nSPS) is 22.4. The van der Waals surface area contributed by atoms with Crippen LogP contribution in [0, 0.1) is 11.8 Å². The van der Waals surface area contributed by atoms with E-state index in [4.69, 9.17) is 0 Å². The van der Waals surface area contributed by atoms with Gasteiger partial charge in [0.2, 0.25) is 5.91 Å². The Balaban J connectivity index is 1.91. The van der Waals surface area contributed by atoms with Gasteiger partial charge in [-0.05, 0) is 31.4 Å². The van der Waals surface area contributed by atoms with E-state index in [9.17, 15) is 4.79 Å². The van der Waals surface area contributed by atoms with Gasteiger partial charge in [0.05, 0.1) is 5.92 Å². The van der Waals surface area contributed by atoms with Crippen LogP contribution < -0.4 is 5.32 Å². The molecular weight excluding hydrogens is 236 g/mol. The van der Waals surface area contributed by atoms with Crippen LogP contribution in [-0.4, -0.2) is 37.0 Å². The van der Waals surface area contributed by atoms with Crippen LogP contribution >= 0.6 is 0 Å². The molecule has 1 heterocycles. The van der Waals surface area contributed by atoms with Crippen molar-refractivity contribution in [3.05, 3.63) is 35.9 Å². The lowest BCUT2D eigenvalue weighted by molar-refractivity contribution is -0.135. The van der Waals surface area contributed by atoms with Crippen molar-refractivity contribution < 1.29 is 4.79 Å². The van der Waals surface area contributed by atoms with Gasteiger partial charge in [0.15, 0.2) is 0 Å². The molecule has 0 spiro atoms. The molecule has 3 nitrogen and oxygen atoms in total. The monoisotopic (exact) mass is 260 g/mol. The Morgan fingerprint density at radius 1 is 1.32 bits per heavy atom. The molecule has 3 heteroatoms. The summed E-state index contributed by atoms with van der Waals surface area (Å²) in [6, 6.07) is 10.4. The summed E-state index contributed by atoms with van der Waals surface area (Å²) in [7, 11) is 0. The quantitative estimate of drug-likeness (QED) is 0.877. The van der Waals surface area contributed by atoms with E-state index in [0.717, 1.165) is 32.6 Å². The summed E-state index contributed by atoms with van der Waals surface area (Å²) < 4.78 is 0. The molecule has 0 saturated carbocycles. The number of likely N-dealkylation sites (N-methyl/N-ethyl adjacent to an activating group) is 1. The predicted molar refractivity (Wildman–Crippen MR) is 77.9 cm³/mol. The molecule has 2 rings (SSSR count). The number of hydrogen-bond acceptors (Lipinski definition) is 2. The van der Waals surface area contributed by atoms with Crippen molar-refractivity contribution in [1.82, 2.24) is 10.2 Å². The maximum Gasteiger partial charge on any atom is 0.227 e. The SMILES string of the molecule is CCN(CCc1ccccc1)C(=O)[C@@H]1CNC[C@H]1C. The van der Waals surface area contributed by atoms with Crippen LogP contribution in [0.3, 0.4) is 0 Å². The summed E-state index contributed by atoms with van der Waals surface area (Å²) >= 11 is 0. The summed E-state index contributed by atoms with van der Waals surface area (Å²) in [5.41, 5.74) is 1.30. The molecule has 1 amide bonds. The fourth-order valence-electron chi connectivity index (χ4n) is 2.71. The van der Waals surface area contributed by atoms with Gasteiger partial charge in [-0.25, -0.2) is 0 Å². The number of nitrogens with zero attached hydrogens (tertiary/aromatic N) is 1. The van der Waals surface area contributed by atoms with E-state index in [1.54, 1.807) is 0 Å². The second-order valence-electron chi connectivity index (χ2n) is 5.40. The Bertz CT molecular complexity index is 404. The fourth-order valence-corrected chi connectivity index (χ4v) is 2.71. The van der Waals surface area contributed by atoms with E-state index < -0.39 is 0 Å². The molecule has 2 atom stereocenters. The molecule has 1 fully saturated rings. The first-order valence-electron chi connectivity index (χ1n) is 7.25. The van der Waals surface area contributed by atoms with Gasteiger partial charge in [-0.3, -0.25) is 4.79 Å². The first kappa shape index (κ1) is 14.1. The Kier molecular flexibility index (Phi) is 4.97. The second-order valence-corrected chi connectivity index (χ2v) is 5.40. The smallest absolute Gasteiger partial charge is 0.227 e. The topological polar surface area (TPSA) is 32.3 Å². The number of rotatable bonds is 5. The van der Waals surface area contributed by atoms with Crippen LogP contribution in [0.25, 0.3) is 0 Å². The largest absolute Gasteiger partial charge is 0.342 e. The molecule has 104 valence electrons. The summed E-state index contributed by atoms with van der Waals surface area (Å²) in [5, 5.41) is 3.31. The number of carbonyl (C=O) groups excluding carboxylic acids is 1. The molecule has 1 N–H and O–H groups in total. The standard InChI is InChI=1S/C16H24N2O/c1-3-18(10-9-14-7-5-4-6-8-14)16(19)15-12-17-11-13(15)2/h4-8,13,15,17H,3,9-12H2,1-2H3/t13-,15-/m1/s1. The van der Waals surface area contributed by atoms with Gasteiger partial charge in [0.1, 0.15) is 0 Å². The van der Waals surface area contributed by atoms with Crippen LogP contribution in [0.1, 0.15) is 19.4 Å². The minimum atomic E-state index is 0.163. The number of carbonyl (C=O) groups is 1. The summed E-state index contributed by atoms with van der Waals surface area (Å²) in [6.45, 7) is 7.65. The number of hydrogen-bond donors (Lipinski definition) is 1. The average Bonchev–Trinajstić information content (AvgIpc) is 2.86. The van der Waals surface area contributed by atoms with Crippen molar-refractivity contribution in [2.75, 3.05) is 26.2 Å². The Morgan fingerprint density at radius 2 is 2.05 bits per heavy atom. The predicted octanol–water partition coefficient (Wildman–Crippen LogP) is 1.93. The van der Waals surface area contributed by atoms with Crippen LogP contribution in [0.5, 0.6) is 0 Å². The van der Waals surface area contributed by atoms with Crippen LogP contribution in [0.15, 0.2) is 30.3 Å². The van der Waals surface area contributed by atoms with Crippen molar-refractivity contribution in [2.24, 2.45) is 11.8 Å². The molecule has 0 aromatic heterocycles. The van der Waals surface area contributed by atoms with E-state index >= 15 is 0 Å². The number of nitrogens with one attached hydrogen (secondary N) is 1. The van der Waals surface area contributed by atoms with E-state index in [1.807, 2.05) is 11.0 Å². The molecule has 1 aromatic carbocycles. The second kappa shape index (κ2) is 6.71. The summed E-state index contributed by atoms with van der Waals surface area (Å²) in [5.74, 6) is 0.935. The maximum atomic E-state index is 12.5. The van der Waals surface area contributed by atoms with Gasteiger partial charge in [0, 0.05) is 19.6 Å². The molecule has 0 bridgehead atoms. The molecule has 1 saturated heterocycles. The lowest BCUT2D eigenvalue weighted by Crippen LogP contribution is -2.39. The third-order valence-electron chi connectivity index (χ3n) is 4.04. The highest BCUT2D eigenvalue weighted by Gasteiger charge is 2.32. The van der Waals surface area contributed by atoms with Crippen LogP contribution in [0.4, 0.5) is 0 Å². The minimum Gasteiger partial charge on any atom is -0.342 e. The minimum absolute atomic E-state index is 0.163. The van der Waals surface area contributed by atoms with Crippen LogP contribution in [0.2, 0.25) is 0 Å². The molecular formula is C16H24N2O. The van der Waals surface area contributed by atoms with Crippen molar-refractivity contribution in [3.63, 3.8) is 0 Å². The maximum absolute atomic E-state index is 12.5. The molecule has 0 unspecified atom stereocenters. The fraction of sp³-hybridized carbons (Fsp3) is 0.562. The average molecular weight is 260 g/mol. The van der Waals surface area contributed by atoms with E-state index in [0.29, 0.717) is 11.8 Å². The molecule has 1 aromatic rings. The van der Waals surface area contributed by atoms with Gasteiger partial charge in [-0.1, -0.05) is 37.3 Å². The molecule has 1 aliphatic heterocycles. The van der Waals surface area contributed by atoms with E-state index in [2.05, 4.69) is 43.4 Å². The van der Waals surface area contributed by atoms with Gasteiger partial charge in [0.25, 0.3) is 0 Å². The lowest BCUT2D eigenvalue weighted by Gasteiger charge is -2.25. The van der Waals surface area contributed by atoms with Crippen molar-refractivity contribution in [2.45, 2.75) is 20.3 Å². The van der Waals surface area contributed by atoms with Crippen molar-refractivity contribution in [3.8, 4) is 0 Å². The van der Waals surface area contributed by atoms with E-state index in [-0.39, 0.29) is 5.92 Å². The van der Waals surface area contributed by atoms with Crippen LogP contribution in [-0.2, 0) is 11.2 Å². The molecule has 0 aliphatic carbocycles. The Hall–Kier alpha value is -1.35. The summed E-state index contributed by atoms with van der Waals surface area (Å²) in [6.07, 6.45) is 0.939. The van der Waals surface area contributed by atoms with Gasteiger partial charge in [-0.15, -0.1) is 0 Å². The third kappa shape index (κ3) is 3.57. The van der Waals surface area contributed by atoms with Gasteiger partial charge in [-0.2, -0.15) is 0 Å². The van der Waals surface area contributed by atoms with E-state index in [1.165, 1.54) is 5.56 Å². The zero-order valence-electron chi connectivity index (χ0n) is 11.9. The number of amides is 1. The Labute approximate surface area is 116 Å². The zero-order valence-corrected chi connectivity index (χ0v) is 11.9. The highest BCUT2D eigenvalue weighted by atomic mass is 16.2. The van der Waals surface area contributed by atoms with Crippen molar-refractivity contribution >= 4 is 5.91 Å². The van der Waals surface area contributed by atoms with Gasteiger partial charge < -0.3 is 10.2 Å². The number of benzene rings is 1. The van der Waals surface area contributed by atoms with Crippen molar-refractivity contribution in [1.29, 1.82) is 0 Å². The zero-order chi connectivity index (χ0) is 13.7.